The summed E-state index contributed by atoms with van der Waals surface area (Å²) in [6.45, 7) is 3.86. The number of likely N-dealkylation sites (tertiary alicyclic amines) is 1. The first-order valence-corrected chi connectivity index (χ1v) is 6.68. The smallest absolute Gasteiger partial charge is 0.251 e. The summed E-state index contributed by atoms with van der Waals surface area (Å²) < 4.78 is 4.96. The van der Waals surface area contributed by atoms with Crippen molar-refractivity contribution < 1.29 is 19.2 Å². The number of hydrogen-bond donors (Lipinski definition) is 2. The van der Waals surface area contributed by atoms with E-state index in [0.29, 0.717) is 30.1 Å². The predicted octanol–water partition coefficient (Wildman–Crippen LogP) is 0.603. The van der Waals surface area contributed by atoms with Crippen LogP contribution in [0.25, 0.3) is 0 Å². The van der Waals surface area contributed by atoms with Gasteiger partial charge in [-0.3, -0.25) is 9.59 Å². The highest BCUT2D eigenvalue weighted by atomic mass is 16.5. The summed E-state index contributed by atoms with van der Waals surface area (Å²) in [6.07, 6.45) is 1.04. The van der Waals surface area contributed by atoms with Gasteiger partial charge in [0.25, 0.3) is 5.91 Å². The number of hydrogen-bond acceptors (Lipinski definition) is 5. The average Bonchev–Trinajstić information content (AvgIpc) is 2.63. The zero-order valence-corrected chi connectivity index (χ0v) is 11.7. The van der Waals surface area contributed by atoms with Gasteiger partial charge in [0.15, 0.2) is 5.76 Å². The molecule has 1 fully saturated rings. The second kappa shape index (κ2) is 6.04. The molecule has 20 heavy (non-hydrogen) atoms. The van der Waals surface area contributed by atoms with Crippen LogP contribution in [0.2, 0.25) is 0 Å². The molecule has 1 atom stereocenters. The number of rotatable bonds is 3. The van der Waals surface area contributed by atoms with Gasteiger partial charge >= 0.3 is 0 Å². The van der Waals surface area contributed by atoms with Crippen molar-refractivity contribution >= 4 is 17.5 Å². The Balaban J connectivity index is 1.98. The molecule has 2 N–H and O–H groups in total. The van der Waals surface area contributed by atoms with E-state index in [0.717, 1.165) is 12.8 Å². The van der Waals surface area contributed by atoms with Crippen molar-refractivity contribution in [1.29, 1.82) is 0 Å². The maximum absolute atomic E-state index is 12.0. The Kier molecular flexibility index (Phi) is 4.39. The zero-order chi connectivity index (χ0) is 14.7. The molecule has 1 aromatic rings. The molecular weight excluding hydrogens is 262 g/mol. The molecule has 1 aliphatic rings. The Morgan fingerprint density at radius 3 is 2.90 bits per heavy atom. The SMILES string of the molecule is Cc1noc(C)c1NC(=O)CN1CCCCC(O)C1=O. The lowest BCUT2D eigenvalue weighted by molar-refractivity contribution is -0.141. The minimum absolute atomic E-state index is 0.0695. The number of nitrogens with zero attached hydrogens (tertiary/aromatic N) is 2. The average molecular weight is 281 g/mol. The quantitative estimate of drug-likeness (QED) is 0.846. The first-order valence-electron chi connectivity index (χ1n) is 6.68. The van der Waals surface area contributed by atoms with E-state index in [4.69, 9.17) is 4.52 Å². The highest BCUT2D eigenvalue weighted by molar-refractivity contribution is 5.95. The molecular formula is C13H19N3O4. The van der Waals surface area contributed by atoms with Gasteiger partial charge in [-0.25, -0.2) is 0 Å². The molecule has 0 aromatic carbocycles. The zero-order valence-electron chi connectivity index (χ0n) is 11.7. The molecule has 0 radical (unpaired) electrons. The minimum atomic E-state index is -0.996. The molecule has 0 saturated carbocycles. The van der Waals surface area contributed by atoms with Crippen molar-refractivity contribution in [2.24, 2.45) is 0 Å². The number of carbonyl (C=O) groups excluding carboxylic acids is 2. The van der Waals surface area contributed by atoms with E-state index in [1.807, 2.05) is 0 Å². The van der Waals surface area contributed by atoms with Crippen LogP contribution >= 0.6 is 0 Å². The summed E-state index contributed by atoms with van der Waals surface area (Å²) in [5, 5.41) is 16.1. The van der Waals surface area contributed by atoms with E-state index in [1.54, 1.807) is 13.8 Å². The first-order chi connectivity index (χ1) is 9.49. The van der Waals surface area contributed by atoms with Gasteiger partial charge in [0.05, 0.1) is 6.54 Å². The molecule has 1 saturated heterocycles. The number of aromatic nitrogens is 1. The molecule has 0 bridgehead atoms. The summed E-state index contributed by atoms with van der Waals surface area (Å²) in [6, 6.07) is 0. The third-order valence-electron chi connectivity index (χ3n) is 3.38. The number of carbonyl (C=O) groups is 2. The van der Waals surface area contributed by atoms with E-state index >= 15 is 0 Å². The number of aliphatic hydroxyl groups excluding tert-OH is 1. The lowest BCUT2D eigenvalue weighted by Crippen LogP contribution is -2.42. The molecule has 7 nitrogen and oxygen atoms in total. The summed E-state index contributed by atoms with van der Waals surface area (Å²) in [7, 11) is 0. The normalized spacial score (nSPS) is 19.9. The van der Waals surface area contributed by atoms with Crippen LogP contribution in [0.3, 0.4) is 0 Å². The molecule has 1 aromatic heterocycles. The predicted molar refractivity (Wildman–Crippen MR) is 71.0 cm³/mol. The Labute approximate surface area is 116 Å². The number of nitrogens with one attached hydrogen (secondary N) is 1. The van der Waals surface area contributed by atoms with Crippen molar-refractivity contribution in [2.45, 2.75) is 39.2 Å². The fourth-order valence-corrected chi connectivity index (χ4v) is 2.26. The monoisotopic (exact) mass is 281 g/mol. The van der Waals surface area contributed by atoms with Gasteiger partial charge < -0.3 is 19.8 Å². The second-order valence-corrected chi connectivity index (χ2v) is 5.02. The largest absolute Gasteiger partial charge is 0.383 e. The van der Waals surface area contributed by atoms with Gasteiger partial charge in [-0.2, -0.15) is 0 Å². The topological polar surface area (TPSA) is 95.7 Å². The Bertz CT molecular complexity index is 492. The van der Waals surface area contributed by atoms with Crippen molar-refractivity contribution in [3.8, 4) is 0 Å². The fourth-order valence-electron chi connectivity index (χ4n) is 2.26. The van der Waals surface area contributed by atoms with E-state index in [2.05, 4.69) is 10.5 Å². The van der Waals surface area contributed by atoms with Crippen LogP contribution in [0.1, 0.15) is 30.7 Å². The maximum Gasteiger partial charge on any atom is 0.251 e. The van der Waals surface area contributed by atoms with Gasteiger partial charge in [-0.05, 0) is 33.1 Å². The summed E-state index contributed by atoms with van der Waals surface area (Å²) >= 11 is 0. The third-order valence-corrected chi connectivity index (χ3v) is 3.38. The highest BCUT2D eigenvalue weighted by Gasteiger charge is 2.26. The molecule has 110 valence electrons. The van der Waals surface area contributed by atoms with Crippen LogP contribution in [0.5, 0.6) is 0 Å². The van der Waals surface area contributed by atoms with E-state index < -0.39 is 6.10 Å². The number of aliphatic hydroxyl groups is 1. The van der Waals surface area contributed by atoms with Gasteiger partial charge in [-0.15, -0.1) is 0 Å². The molecule has 2 heterocycles. The molecule has 0 spiro atoms. The Morgan fingerprint density at radius 2 is 2.25 bits per heavy atom. The molecule has 0 aliphatic carbocycles. The van der Waals surface area contributed by atoms with Gasteiger partial charge in [0.1, 0.15) is 17.5 Å². The highest BCUT2D eigenvalue weighted by Crippen LogP contribution is 2.19. The van der Waals surface area contributed by atoms with Crippen molar-refractivity contribution in [3.63, 3.8) is 0 Å². The third kappa shape index (κ3) is 3.16. The summed E-state index contributed by atoms with van der Waals surface area (Å²) in [5.74, 6) is -0.170. The van der Waals surface area contributed by atoms with Crippen LogP contribution in [0.4, 0.5) is 5.69 Å². The van der Waals surface area contributed by atoms with Gasteiger partial charge in [-0.1, -0.05) is 5.16 Å². The van der Waals surface area contributed by atoms with E-state index in [1.165, 1.54) is 4.90 Å². The minimum Gasteiger partial charge on any atom is -0.383 e. The number of anilines is 1. The molecule has 2 rings (SSSR count). The number of aryl methyl sites for hydroxylation is 2. The Morgan fingerprint density at radius 1 is 1.50 bits per heavy atom. The fraction of sp³-hybridized carbons (Fsp3) is 0.615. The lowest BCUT2D eigenvalue weighted by Gasteiger charge is -2.21. The summed E-state index contributed by atoms with van der Waals surface area (Å²) in [5.41, 5.74) is 1.14. The van der Waals surface area contributed by atoms with Gasteiger partial charge in [0, 0.05) is 6.54 Å². The van der Waals surface area contributed by atoms with Crippen LogP contribution < -0.4 is 5.32 Å². The van der Waals surface area contributed by atoms with Crippen LogP contribution in [0.15, 0.2) is 4.52 Å². The van der Waals surface area contributed by atoms with Crippen LogP contribution in [-0.2, 0) is 9.59 Å². The van der Waals surface area contributed by atoms with Crippen molar-refractivity contribution in [2.75, 3.05) is 18.4 Å². The van der Waals surface area contributed by atoms with E-state index in [9.17, 15) is 14.7 Å². The van der Waals surface area contributed by atoms with Gasteiger partial charge in [0.2, 0.25) is 5.91 Å². The lowest BCUT2D eigenvalue weighted by atomic mass is 10.2. The van der Waals surface area contributed by atoms with Crippen molar-refractivity contribution in [1.82, 2.24) is 10.1 Å². The maximum atomic E-state index is 12.0. The van der Waals surface area contributed by atoms with Crippen LogP contribution in [-0.4, -0.2) is 46.2 Å². The van der Waals surface area contributed by atoms with Crippen LogP contribution in [0, 0.1) is 13.8 Å². The Hall–Kier alpha value is -1.89. The molecule has 1 unspecified atom stereocenters. The summed E-state index contributed by atoms with van der Waals surface area (Å²) in [4.78, 5) is 25.3. The first kappa shape index (κ1) is 14.5. The molecule has 1 aliphatic heterocycles. The number of amides is 2. The van der Waals surface area contributed by atoms with Crippen molar-refractivity contribution in [3.05, 3.63) is 11.5 Å². The standard InChI is InChI=1S/C13H19N3O4/c1-8-12(9(2)20-15-8)14-11(18)7-16-6-4-3-5-10(17)13(16)19/h10,17H,3-7H2,1-2H3,(H,14,18). The molecule has 2 amide bonds. The molecule has 7 heteroatoms. The second-order valence-electron chi connectivity index (χ2n) is 5.02. The van der Waals surface area contributed by atoms with E-state index in [-0.39, 0.29) is 18.4 Å².